The number of carbonyl (C=O) groups is 1. The zero-order valence-corrected chi connectivity index (χ0v) is 23.0. The van der Waals surface area contributed by atoms with Crippen molar-refractivity contribution < 1.29 is 4.79 Å². The van der Waals surface area contributed by atoms with Crippen LogP contribution in [0.3, 0.4) is 0 Å². The van der Waals surface area contributed by atoms with E-state index in [1.54, 1.807) is 4.68 Å². The number of H-pyrrole nitrogens is 1. The van der Waals surface area contributed by atoms with Gasteiger partial charge in [-0.05, 0) is 75.5 Å². The highest BCUT2D eigenvalue weighted by atomic mass is 16.1. The van der Waals surface area contributed by atoms with E-state index >= 15 is 0 Å². The molecule has 0 spiro atoms. The lowest BCUT2D eigenvalue weighted by Gasteiger charge is -2.43. The number of amides is 1. The Morgan fingerprint density at radius 2 is 1.85 bits per heavy atom. The van der Waals surface area contributed by atoms with Crippen LogP contribution in [0.1, 0.15) is 33.7 Å². The Hall–Kier alpha value is -4.32. The molecule has 3 atom stereocenters. The normalized spacial score (nSPS) is 21.9. The van der Waals surface area contributed by atoms with E-state index in [0.717, 1.165) is 46.8 Å². The van der Waals surface area contributed by atoms with Gasteiger partial charge in [0.1, 0.15) is 11.5 Å². The molecule has 0 aliphatic carbocycles. The first kappa shape index (κ1) is 25.0. The summed E-state index contributed by atoms with van der Waals surface area (Å²) < 4.78 is 1.65. The number of rotatable bonds is 4. The molecule has 6 rings (SSSR count). The number of benzene rings is 1. The van der Waals surface area contributed by atoms with Crippen LogP contribution in [0.5, 0.6) is 0 Å². The summed E-state index contributed by atoms with van der Waals surface area (Å²) in [7, 11) is 4.03. The molecule has 3 aromatic heterocycles. The van der Waals surface area contributed by atoms with Crippen molar-refractivity contribution >= 4 is 34.3 Å². The number of nitrogens with zero attached hydrogens (tertiary/aromatic N) is 9. The lowest BCUT2D eigenvalue weighted by atomic mass is 10.0. The summed E-state index contributed by atoms with van der Waals surface area (Å²) >= 11 is 0. The second kappa shape index (κ2) is 9.45. The van der Waals surface area contributed by atoms with Crippen LogP contribution in [0.25, 0.3) is 22.2 Å². The number of allylic oxidation sites excluding steroid dienone is 1. The Morgan fingerprint density at radius 1 is 1.08 bits per heavy atom. The predicted molar refractivity (Wildman–Crippen MR) is 150 cm³/mol. The van der Waals surface area contributed by atoms with Gasteiger partial charge in [0.15, 0.2) is 0 Å². The number of hydrogen-bond donors (Lipinski definition) is 2. The molecule has 4 aromatic rings. The Balaban J connectivity index is 1.28. The fourth-order valence-electron chi connectivity index (χ4n) is 5.61. The van der Waals surface area contributed by atoms with E-state index in [2.05, 4.69) is 72.8 Å². The zero-order valence-electron chi connectivity index (χ0n) is 23.0. The third-order valence-electron chi connectivity index (χ3n) is 8.22. The summed E-state index contributed by atoms with van der Waals surface area (Å²) in [6.07, 6.45) is 1.84. The highest BCUT2D eigenvalue weighted by Crippen LogP contribution is 2.34. The van der Waals surface area contributed by atoms with Gasteiger partial charge in [-0.2, -0.15) is 5.10 Å². The highest BCUT2D eigenvalue weighted by Gasteiger charge is 2.33. The number of tetrazole rings is 1. The number of likely N-dealkylation sites (N-methyl/N-ethyl adjacent to an activating group) is 1. The zero-order chi connectivity index (χ0) is 27.4. The maximum atomic E-state index is 13.5. The van der Waals surface area contributed by atoms with Crippen molar-refractivity contribution in [3.63, 3.8) is 0 Å². The van der Waals surface area contributed by atoms with E-state index in [9.17, 15) is 4.79 Å². The van der Waals surface area contributed by atoms with Crippen LogP contribution in [0.15, 0.2) is 47.8 Å². The van der Waals surface area contributed by atoms with Crippen LogP contribution in [0, 0.1) is 0 Å². The number of piperazine rings is 1. The number of carbonyl (C=O) groups excluding carboxylic acids is 1. The van der Waals surface area contributed by atoms with Gasteiger partial charge in [0.05, 0.1) is 17.1 Å². The lowest BCUT2D eigenvalue weighted by molar-refractivity contribution is -0.113. The summed E-state index contributed by atoms with van der Waals surface area (Å²) in [5.74, 6) is 1.36. The van der Waals surface area contributed by atoms with Gasteiger partial charge in [-0.1, -0.05) is 5.10 Å². The topological polar surface area (TPSA) is 124 Å². The van der Waals surface area contributed by atoms with Crippen molar-refractivity contribution in [2.45, 2.75) is 45.8 Å². The molecule has 1 aromatic carbocycles. The molecule has 5 heterocycles. The Bertz CT molecular complexity index is 1580. The number of anilines is 3. The van der Waals surface area contributed by atoms with Gasteiger partial charge in [0.2, 0.25) is 5.95 Å². The minimum Gasteiger partial charge on any atom is -0.353 e. The standard InChI is InChI=1S/C27H33N11O/c1-15-13-37(14-16(2)35(15)5)23-11-19(9-10-28-23)25-21-12-20(7-8-22(21)30-31-25)29-26(39)24-17(3)36(6)27-32-33-34-38(27)18(24)4/h7-12,15-16,18H,13-14H2,1-6H3,(H,29,39)(H,30,31)/t15-,16+,18-/m1/s1. The molecule has 0 saturated carbocycles. The van der Waals surface area contributed by atoms with Crippen LogP contribution < -0.4 is 15.1 Å². The van der Waals surface area contributed by atoms with E-state index < -0.39 is 0 Å². The Morgan fingerprint density at radius 3 is 2.62 bits per heavy atom. The number of aromatic nitrogens is 7. The summed E-state index contributed by atoms with van der Waals surface area (Å²) in [6.45, 7) is 10.2. The first-order valence-electron chi connectivity index (χ1n) is 13.2. The number of pyridine rings is 1. The molecule has 0 unspecified atom stereocenters. The van der Waals surface area contributed by atoms with Crippen LogP contribution in [-0.4, -0.2) is 85.5 Å². The second-order valence-corrected chi connectivity index (χ2v) is 10.6. The predicted octanol–water partition coefficient (Wildman–Crippen LogP) is 3.06. The summed E-state index contributed by atoms with van der Waals surface area (Å²) in [6, 6.07) is 10.4. The van der Waals surface area contributed by atoms with Gasteiger partial charge < -0.3 is 15.1 Å². The summed E-state index contributed by atoms with van der Waals surface area (Å²) in [5.41, 5.74) is 4.79. The largest absolute Gasteiger partial charge is 0.353 e. The van der Waals surface area contributed by atoms with E-state index in [0.29, 0.717) is 29.3 Å². The van der Waals surface area contributed by atoms with E-state index in [4.69, 9.17) is 0 Å². The number of hydrogen-bond acceptors (Lipinski definition) is 9. The van der Waals surface area contributed by atoms with Crippen LogP contribution in [0.4, 0.5) is 17.5 Å². The summed E-state index contributed by atoms with van der Waals surface area (Å²) in [4.78, 5) is 24.7. The van der Waals surface area contributed by atoms with Gasteiger partial charge >= 0.3 is 0 Å². The van der Waals surface area contributed by atoms with Crippen molar-refractivity contribution in [2.75, 3.05) is 42.3 Å². The smallest absolute Gasteiger partial charge is 0.255 e. The average molecular weight is 528 g/mol. The van der Waals surface area contributed by atoms with E-state index in [1.165, 1.54) is 0 Å². The van der Waals surface area contributed by atoms with Crippen molar-refractivity contribution in [1.29, 1.82) is 0 Å². The molecule has 2 aliphatic heterocycles. The molecule has 12 heteroatoms. The SMILES string of the molecule is CC1=C(C(=O)Nc2ccc3[nH]nc(-c4ccnc(N5C[C@@H](C)N(C)[C@@H](C)C5)c4)c3c2)[C@@H](C)n2nnnc2N1C. The minimum atomic E-state index is -0.297. The average Bonchev–Trinajstić information content (AvgIpc) is 3.58. The van der Waals surface area contributed by atoms with E-state index in [-0.39, 0.29) is 11.9 Å². The van der Waals surface area contributed by atoms with E-state index in [1.807, 2.05) is 56.3 Å². The molecular formula is C27H33N11O. The van der Waals surface area contributed by atoms with Gasteiger partial charge in [-0.25, -0.2) is 9.67 Å². The quantitative estimate of drug-likeness (QED) is 0.412. The number of nitrogens with one attached hydrogen (secondary N) is 2. The molecule has 0 radical (unpaired) electrons. The third-order valence-corrected chi connectivity index (χ3v) is 8.22. The van der Waals surface area contributed by atoms with Crippen LogP contribution in [0.2, 0.25) is 0 Å². The monoisotopic (exact) mass is 527 g/mol. The maximum Gasteiger partial charge on any atom is 0.255 e. The molecule has 39 heavy (non-hydrogen) atoms. The first-order valence-corrected chi connectivity index (χ1v) is 13.2. The van der Waals surface area contributed by atoms with Crippen LogP contribution >= 0.6 is 0 Å². The third kappa shape index (κ3) is 4.20. The van der Waals surface area contributed by atoms with Gasteiger partial charge in [-0.3, -0.25) is 14.8 Å². The lowest BCUT2D eigenvalue weighted by Crippen LogP contribution is -2.55. The second-order valence-electron chi connectivity index (χ2n) is 10.6. The Labute approximate surface area is 226 Å². The van der Waals surface area contributed by atoms with Gasteiger partial charge in [0, 0.05) is 60.8 Å². The van der Waals surface area contributed by atoms with Crippen molar-refractivity contribution in [3.8, 4) is 11.3 Å². The number of aromatic amines is 1. The molecule has 1 amide bonds. The molecular weight excluding hydrogens is 494 g/mol. The minimum absolute atomic E-state index is 0.193. The maximum absolute atomic E-state index is 13.5. The molecule has 0 bridgehead atoms. The molecule has 1 fully saturated rings. The van der Waals surface area contributed by atoms with Crippen molar-refractivity contribution in [3.05, 3.63) is 47.8 Å². The first-order chi connectivity index (χ1) is 18.7. The summed E-state index contributed by atoms with van der Waals surface area (Å²) in [5, 5.41) is 23.7. The Kier molecular flexibility index (Phi) is 6.06. The molecule has 202 valence electrons. The number of fused-ring (bicyclic) bond motifs is 2. The molecule has 2 aliphatic rings. The van der Waals surface area contributed by atoms with Crippen molar-refractivity contribution in [2.24, 2.45) is 0 Å². The fraction of sp³-hybridized carbons (Fsp3) is 0.407. The van der Waals surface area contributed by atoms with Crippen LogP contribution in [-0.2, 0) is 4.79 Å². The molecule has 2 N–H and O–H groups in total. The highest BCUT2D eigenvalue weighted by molar-refractivity contribution is 6.07. The van der Waals surface area contributed by atoms with Crippen molar-refractivity contribution in [1.82, 2.24) is 40.3 Å². The van der Waals surface area contributed by atoms with Gasteiger partial charge in [-0.15, -0.1) is 0 Å². The molecule has 12 nitrogen and oxygen atoms in total. The van der Waals surface area contributed by atoms with Gasteiger partial charge in [0.25, 0.3) is 5.91 Å². The fourth-order valence-corrected chi connectivity index (χ4v) is 5.61. The molecule has 1 saturated heterocycles.